The molecule has 0 aliphatic carbocycles. The molecule has 186 valence electrons. The van der Waals surface area contributed by atoms with Crippen LogP contribution in [0.3, 0.4) is 0 Å². The van der Waals surface area contributed by atoms with Gasteiger partial charge in [-0.2, -0.15) is 23.5 Å². The number of benzene rings is 1. The Morgan fingerprint density at radius 2 is 2.14 bits per heavy atom. The van der Waals surface area contributed by atoms with Gasteiger partial charge in [0, 0.05) is 25.7 Å². The Bertz CT molecular complexity index is 1330. The number of amides is 2. The van der Waals surface area contributed by atoms with E-state index in [1.54, 1.807) is 12.1 Å². The van der Waals surface area contributed by atoms with Gasteiger partial charge in [0.2, 0.25) is 0 Å². The number of halogens is 3. The number of ether oxygens (including phenoxy) is 1. The van der Waals surface area contributed by atoms with Gasteiger partial charge in [0.15, 0.2) is 12.4 Å². The standard InChI is InChI=1S/C24H21F3N6O3/c1-29-23(35)21-20-18(32-33(21)19-8-6-15(11-28)12-30-19)10-16(31-22(20)34)7-5-14-3-2-4-17(9-14)36-13-24(25,26)27/h2-4,6,8-9,12,16H,5,7,10,13H2,1H3,(H,29,35)(H,31,34). The topological polar surface area (TPSA) is 122 Å². The molecule has 1 aliphatic heterocycles. The molecule has 2 N–H and O–H groups in total. The minimum atomic E-state index is -4.43. The van der Waals surface area contributed by atoms with Crippen LogP contribution < -0.4 is 15.4 Å². The summed E-state index contributed by atoms with van der Waals surface area (Å²) in [6.07, 6.45) is -1.77. The van der Waals surface area contributed by atoms with E-state index in [1.165, 1.54) is 42.2 Å². The molecule has 9 nitrogen and oxygen atoms in total. The average Bonchev–Trinajstić information content (AvgIpc) is 3.26. The lowest BCUT2D eigenvalue weighted by Crippen LogP contribution is -2.42. The maximum atomic E-state index is 13.0. The monoisotopic (exact) mass is 498 g/mol. The van der Waals surface area contributed by atoms with Gasteiger partial charge < -0.3 is 15.4 Å². The third-order valence-electron chi connectivity index (χ3n) is 5.58. The zero-order valence-electron chi connectivity index (χ0n) is 19.1. The summed E-state index contributed by atoms with van der Waals surface area (Å²) in [5, 5.41) is 18.9. The second-order valence-corrected chi connectivity index (χ2v) is 8.14. The summed E-state index contributed by atoms with van der Waals surface area (Å²) >= 11 is 0. The fourth-order valence-corrected chi connectivity index (χ4v) is 3.93. The highest BCUT2D eigenvalue weighted by molar-refractivity contribution is 6.08. The van der Waals surface area contributed by atoms with Crippen molar-refractivity contribution in [3.05, 3.63) is 70.7 Å². The third-order valence-corrected chi connectivity index (χ3v) is 5.58. The smallest absolute Gasteiger partial charge is 0.422 e. The average molecular weight is 498 g/mol. The lowest BCUT2D eigenvalue weighted by atomic mass is 9.95. The van der Waals surface area contributed by atoms with Crippen molar-refractivity contribution in [2.24, 2.45) is 0 Å². The van der Waals surface area contributed by atoms with E-state index in [-0.39, 0.29) is 28.9 Å². The Balaban J connectivity index is 1.53. The fraction of sp³-hybridized carbons (Fsp3) is 0.292. The summed E-state index contributed by atoms with van der Waals surface area (Å²) in [6.45, 7) is -1.37. The second kappa shape index (κ2) is 10.1. The van der Waals surface area contributed by atoms with Crippen LogP contribution in [0.15, 0.2) is 42.6 Å². The van der Waals surface area contributed by atoms with E-state index in [0.29, 0.717) is 30.5 Å². The number of hydrogen-bond acceptors (Lipinski definition) is 6. The predicted molar refractivity (Wildman–Crippen MR) is 121 cm³/mol. The molecule has 3 aromatic rings. The summed E-state index contributed by atoms with van der Waals surface area (Å²) in [4.78, 5) is 29.8. The second-order valence-electron chi connectivity index (χ2n) is 8.14. The van der Waals surface area contributed by atoms with E-state index >= 15 is 0 Å². The number of aryl methyl sites for hydroxylation is 1. The first-order valence-corrected chi connectivity index (χ1v) is 11.0. The summed E-state index contributed by atoms with van der Waals surface area (Å²) in [5.74, 6) is -0.577. The number of rotatable bonds is 7. The first kappa shape index (κ1) is 24.7. The number of pyridine rings is 1. The number of fused-ring (bicyclic) bond motifs is 1. The molecule has 1 unspecified atom stereocenters. The quantitative estimate of drug-likeness (QED) is 0.517. The molecule has 2 amide bonds. The van der Waals surface area contributed by atoms with Crippen LogP contribution in [0.5, 0.6) is 5.75 Å². The van der Waals surface area contributed by atoms with Crippen LogP contribution in [0.2, 0.25) is 0 Å². The number of carbonyl (C=O) groups excluding carboxylic acids is 2. The van der Waals surface area contributed by atoms with Crippen molar-refractivity contribution in [1.29, 1.82) is 5.26 Å². The fourth-order valence-electron chi connectivity index (χ4n) is 3.93. The van der Waals surface area contributed by atoms with Gasteiger partial charge in [-0.1, -0.05) is 12.1 Å². The Hall–Kier alpha value is -4.40. The summed E-state index contributed by atoms with van der Waals surface area (Å²) in [7, 11) is 1.44. The number of hydrogen-bond donors (Lipinski definition) is 2. The molecular formula is C24H21F3N6O3. The van der Waals surface area contributed by atoms with E-state index in [4.69, 9.17) is 10.00 Å². The molecule has 1 atom stereocenters. The van der Waals surface area contributed by atoms with Crippen molar-refractivity contribution in [2.45, 2.75) is 31.5 Å². The molecule has 4 rings (SSSR count). The number of nitrogens with zero attached hydrogens (tertiary/aromatic N) is 4. The molecule has 1 aromatic carbocycles. The van der Waals surface area contributed by atoms with E-state index in [0.717, 1.165) is 5.56 Å². The highest BCUT2D eigenvalue weighted by atomic mass is 19.4. The van der Waals surface area contributed by atoms with Crippen molar-refractivity contribution in [3.8, 4) is 17.6 Å². The highest BCUT2D eigenvalue weighted by Crippen LogP contribution is 2.25. The molecule has 12 heteroatoms. The Morgan fingerprint density at radius 1 is 1.33 bits per heavy atom. The molecule has 2 aromatic heterocycles. The van der Waals surface area contributed by atoms with Crippen LogP contribution in [0.4, 0.5) is 13.2 Å². The van der Waals surface area contributed by atoms with Gasteiger partial charge in [-0.25, -0.2) is 9.67 Å². The minimum absolute atomic E-state index is 0.0372. The van der Waals surface area contributed by atoms with E-state index < -0.39 is 24.6 Å². The number of nitrogens with one attached hydrogen (secondary N) is 2. The van der Waals surface area contributed by atoms with E-state index in [2.05, 4.69) is 20.7 Å². The Labute approximate surface area is 203 Å². The van der Waals surface area contributed by atoms with Crippen molar-refractivity contribution in [2.75, 3.05) is 13.7 Å². The highest BCUT2D eigenvalue weighted by Gasteiger charge is 2.34. The minimum Gasteiger partial charge on any atom is -0.484 e. The molecule has 36 heavy (non-hydrogen) atoms. The van der Waals surface area contributed by atoms with Gasteiger partial charge in [0.05, 0.1) is 16.8 Å². The molecule has 0 spiro atoms. The lowest BCUT2D eigenvalue weighted by molar-refractivity contribution is -0.153. The van der Waals surface area contributed by atoms with Crippen LogP contribution in [0.1, 0.15) is 44.1 Å². The maximum absolute atomic E-state index is 13.0. The molecule has 1 aliphatic rings. The van der Waals surface area contributed by atoms with Crippen molar-refractivity contribution in [1.82, 2.24) is 25.4 Å². The lowest BCUT2D eigenvalue weighted by Gasteiger charge is -2.23. The van der Waals surface area contributed by atoms with Crippen LogP contribution in [-0.2, 0) is 12.8 Å². The van der Waals surface area contributed by atoms with Crippen LogP contribution in [-0.4, -0.2) is 52.5 Å². The van der Waals surface area contributed by atoms with Crippen LogP contribution in [0, 0.1) is 11.3 Å². The van der Waals surface area contributed by atoms with Crippen molar-refractivity contribution >= 4 is 11.8 Å². The molecule has 0 radical (unpaired) electrons. The Morgan fingerprint density at radius 3 is 2.81 bits per heavy atom. The predicted octanol–water partition coefficient (Wildman–Crippen LogP) is 2.73. The van der Waals surface area contributed by atoms with Crippen LogP contribution >= 0.6 is 0 Å². The number of nitriles is 1. The van der Waals surface area contributed by atoms with E-state index in [1.807, 2.05) is 6.07 Å². The molecule has 0 saturated carbocycles. The summed E-state index contributed by atoms with van der Waals surface area (Å²) in [5.41, 5.74) is 1.71. The number of carbonyl (C=O) groups is 2. The van der Waals surface area contributed by atoms with Crippen molar-refractivity contribution in [3.63, 3.8) is 0 Å². The Kier molecular flexibility index (Phi) is 6.91. The van der Waals surface area contributed by atoms with Crippen molar-refractivity contribution < 1.29 is 27.5 Å². The van der Waals surface area contributed by atoms with Gasteiger partial charge >= 0.3 is 6.18 Å². The number of aromatic nitrogens is 3. The van der Waals surface area contributed by atoms with Gasteiger partial charge in [0.1, 0.15) is 17.5 Å². The van der Waals surface area contributed by atoms with Gasteiger partial charge in [0.25, 0.3) is 11.8 Å². The van der Waals surface area contributed by atoms with Gasteiger partial charge in [-0.05, 0) is 42.7 Å². The SMILES string of the molecule is CNC(=O)c1c2c(nn1-c1ccc(C#N)cn1)CC(CCc1cccc(OCC(F)(F)F)c1)NC2=O. The first-order chi connectivity index (χ1) is 17.2. The molecule has 3 heterocycles. The van der Waals surface area contributed by atoms with E-state index in [9.17, 15) is 22.8 Å². The third kappa shape index (κ3) is 5.46. The normalized spacial score (nSPS) is 15.0. The molecule has 0 saturated heterocycles. The summed E-state index contributed by atoms with van der Waals surface area (Å²) < 4.78 is 43.4. The molecule has 0 fully saturated rings. The van der Waals surface area contributed by atoms with Gasteiger partial charge in [-0.3, -0.25) is 9.59 Å². The van der Waals surface area contributed by atoms with Gasteiger partial charge in [-0.15, -0.1) is 0 Å². The maximum Gasteiger partial charge on any atom is 0.422 e. The largest absolute Gasteiger partial charge is 0.484 e. The van der Waals surface area contributed by atoms with Crippen LogP contribution in [0.25, 0.3) is 5.82 Å². The molecular weight excluding hydrogens is 477 g/mol. The summed E-state index contributed by atoms with van der Waals surface area (Å²) in [6, 6.07) is 11.1. The zero-order chi connectivity index (χ0) is 25.9. The molecule has 0 bridgehead atoms. The number of alkyl halides is 3. The first-order valence-electron chi connectivity index (χ1n) is 11.0. The zero-order valence-corrected chi connectivity index (χ0v) is 19.1.